The average molecular weight is 169 g/mol. The summed E-state index contributed by atoms with van der Waals surface area (Å²) in [5.74, 6) is 0. The first-order valence-electron chi connectivity index (χ1n) is 3.77. The molecular formula is C7H15N5. The minimum absolute atomic E-state index is 0.0556. The molecule has 0 aromatic carbocycles. The zero-order valence-electron chi connectivity index (χ0n) is 8.02. The molecule has 0 aromatic rings. The van der Waals surface area contributed by atoms with Gasteiger partial charge in [0.15, 0.2) is 6.17 Å². The zero-order chi connectivity index (χ0) is 9.30. The summed E-state index contributed by atoms with van der Waals surface area (Å²) >= 11 is 0. The van der Waals surface area contributed by atoms with Crippen LogP contribution in [-0.2, 0) is 0 Å². The van der Waals surface area contributed by atoms with Gasteiger partial charge in [-0.3, -0.25) is 4.90 Å². The molecule has 1 atom stereocenters. The molecule has 0 fully saturated rings. The first kappa shape index (κ1) is 9.15. The second-order valence-corrected chi connectivity index (χ2v) is 3.19. The lowest BCUT2D eigenvalue weighted by Crippen LogP contribution is -2.46. The molecule has 1 aliphatic rings. The second kappa shape index (κ2) is 3.20. The summed E-state index contributed by atoms with van der Waals surface area (Å²) < 4.78 is 0. The summed E-state index contributed by atoms with van der Waals surface area (Å²) in [5.41, 5.74) is 0.772. The third-order valence-corrected chi connectivity index (χ3v) is 1.68. The van der Waals surface area contributed by atoms with Crippen molar-refractivity contribution >= 4 is 0 Å². The third-order valence-electron chi connectivity index (χ3n) is 1.68. The molecule has 0 amide bonds. The standard InChI is InChI=1S/C7H15N5/c1-6-7(10(2)3)12(9-8-6)11(4)5/h7H,1H2,2-5H3. The van der Waals surface area contributed by atoms with Crippen molar-refractivity contribution in [2.45, 2.75) is 6.17 Å². The average Bonchev–Trinajstić information content (AvgIpc) is 2.30. The summed E-state index contributed by atoms with van der Waals surface area (Å²) in [4.78, 5) is 2.02. The minimum atomic E-state index is 0.0556. The van der Waals surface area contributed by atoms with E-state index in [4.69, 9.17) is 0 Å². The number of likely N-dealkylation sites (N-methyl/N-ethyl adjacent to an activating group) is 1. The SMILES string of the molecule is C=C1N=NN(N(C)C)C1N(C)C. The van der Waals surface area contributed by atoms with E-state index in [9.17, 15) is 0 Å². The molecule has 0 spiro atoms. The van der Waals surface area contributed by atoms with E-state index in [0.717, 1.165) is 5.70 Å². The highest BCUT2D eigenvalue weighted by atomic mass is 15.9. The Morgan fingerprint density at radius 3 is 2.25 bits per heavy atom. The van der Waals surface area contributed by atoms with Gasteiger partial charge in [-0.05, 0) is 14.1 Å². The van der Waals surface area contributed by atoms with Gasteiger partial charge in [-0.25, -0.2) is 5.01 Å². The van der Waals surface area contributed by atoms with Crippen LogP contribution in [0, 0.1) is 0 Å². The largest absolute Gasteiger partial charge is 0.282 e. The smallest absolute Gasteiger partial charge is 0.162 e. The van der Waals surface area contributed by atoms with Crippen LogP contribution in [0.3, 0.4) is 0 Å². The van der Waals surface area contributed by atoms with Gasteiger partial charge in [-0.1, -0.05) is 11.8 Å². The molecule has 1 rings (SSSR count). The van der Waals surface area contributed by atoms with Crippen molar-refractivity contribution in [2.75, 3.05) is 28.2 Å². The van der Waals surface area contributed by atoms with Crippen LogP contribution in [-0.4, -0.2) is 49.4 Å². The molecule has 1 unspecified atom stereocenters. The highest BCUT2D eigenvalue weighted by Crippen LogP contribution is 2.21. The molecule has 0 radical (unpaired) electrons. The van der Waals surface area contributed by atoms with E-state index in [0.29, 0.717) is 0 Å². The van der Waals surface area contributed by atoms with Gasteiger partial charge < -0.3 is 0 Å². The molecule has 0 aromatic heterocycles. The van der Waals surface area contributed by atoms with Gasteiger partial charge in [0.25, 0.3) is 0 Å². The van der Waals surface area contributed by atoms with Crippen LogP contribution >= 0.6 is 0 Å². The molecule has 68 valence electrons. The fourth-order valence-corrected chi connectivity index (χ4v) is 1.14. The van der Waals surface area contributed by atoms with Crippen molar-refractivity contribution in [1.29, 1.82) is 0 Å². The van der Waals surface area contributed by atoms with E-state index in [1.165, 1.54) is 0 Å². The topological polar surface area (TPSA) is 34.4 Å². The molecule has 0 aliphatic carbocycles. The summed E-state index contributed by atoms with van der Waals surface area (Å²) in [6.07, 6.45) is 0.0556. The lowest BCUT2D eigenvalue weighted by Gasteiger charge is -2.31. The second-order valence-electron chi connectivity index (χ2n) is 3.19. The van der Waals surface area contributed by atoms with Crippen molar-refractivity contribution in [3.05, 3.63) is 12.3 Å². The van der Waals surface area contributed by atoms with Gasteiger partial charge in [0.05, 0.1) is 5.70 Å². The quantitative estimate of drug-likeness (QED) is 0.605. The molecule has 0 N–H and O–H groups in total. The predicted molar refractivity (Wildman–Crippen MR) is 47.0 cm³/mol. The maximum absolute atomic E-state index is 3.96. The predicted octanol–water partition coefficient (Wildman–Crippen LogP) is 0.547. The van der Waals surface area contributed by atoms with Gasteiger partial charge in [0.1, 0.15) is 0 Å². The van der Waals surface area contributed by atoms with Gasteiger partial charge in [0.2, 0.25) is 0 Å². The summed E-state index contributed by atoms with van der Waals surface area (Å²) in [6.45, 7) is 3.82. The third kappa shape index (κ3) is 1.46. The Balaban J connectivity index is 2.76. The van der Waals surface area contributed by atoms with Crippen LogP contribution in [0.25, 0.3) is 0 Å². The van der Waals surface area contributed by atoms with Crippen LogP contribution in [0.4, 0.5) is 0 Å². The molecule has 12 heavy (non-hydrogen) atoms. The summed E-state index contributed by atoms with van der Waals surface area (Å²) in [6, 6.07) is 0. The highest BCUT2D eigenvalue weighted by molar-refractivity contribution is 5.03. The molecule has 5 heteroatoms. The van der Waals surface area contributed by atoms with E-state index >= 15 is 0 Å². The lowest BCUT2D eigenvalue weighted by atomic mass is 10.4. The monoisotopic (exact) mass is 169 g/mol. The van der Waals surface area contributed by atoms with E-state index in [1.54, 1.807) is 5.12 Å². The van der Waals surface area contributed by atoms with E-state index < -0.39 is 0 Å². The normalized spacial score (nSPS) is 23.3. The summed E-state index contributed by atoms with van der Waals surface area (Å²) in [7, 11) is 7.80. The molecule has 1 aliphatic heterocycles. The molecule has 5 nitrogen and oxygen atoms in total. The van der Waals surface area contributed by atoms with Crippen LogP contribution in [0.5, 0.6) is 0 Å². The van der Waals surface area contributed by atoms with Gasteiger partial charge >= 0.3 is 0 Å². The Hall–Kier alpha value is -0.940. The maximum Gasteiger partial charge on any atom is 0.162 e. The van der Waals surface area contributed by atoms with Crippen molar-refractivity contribution in [3.63, 3.8) is 0 Å². The number of hydrogen-bond acceptors (Lipinski definition) is 5. The molecule has 0 bridgehead atoms. The Bertz CT molecular complexity index is 208. The van der Waals surface area contributed by atoms with Crippen LogP contribution in [0.15, 0.2) is 22.6 Å². The van der Waals surface area contributed by atoms with Gasteiger partial charge in [-0.2, -0.15) is 5.12 Å². The van der Waals surface area contributed by atoms with Crippen LogP contribution in [0.2, 0.25) is 0 Å². The molecular weight excluding hydrogens is 154 g/mol. The fourth-order valence-electron chi connectivity index (χ4n) is 1.14. The summed E-state index contributed by atoms with van der Waals surface area (Å²) in [5, 5.41) is 11.5. The first-order chi connectivity index (χ1) is 5.54. The molecule has 0 saturated carbocycles. The lowest BCUT2D eigenvalue weighted by molar-refractivity contribution is -0.0423. The van der Waals surface area contributed by atoms with Gasteiger partial charge in [0, 0.05) is 14.1 Å². The molecule has 0 saturated heterocycles. The van der Waals surface area contributed by atoms with E-state index in [2.05, 4.69) is 16.9 Å². The zero-order valence-corrected chi connectivity index (χ0v) is 8.02. The van der Waals surface area contributed by atoms with E-state index in [1.807, 2.05) is 38.1 Å². The minimum Gasteiger partial charge on any atom is -0.282 e. The van der Waals surface area contributed by atoms with Crippen molar-refractivity contribution in [1.82, 2.24) is 15.0 Å². The maximum atomic E-state index is 3.96. The first-order valence-corrected chi connectivity index (χ1v) is 3.77. The van der Waals surface area contributed by atoms with E-state index in [-0.39, 0.29) is 6.17 Å². The number of hydrogen-bond donors (Lipinski definition) is 0. The van der Waals surface area contributed by atoms with Crippen LogP contribution < -0.4 is 0 Å². The van der Waals surface area contributed by atoms with Crippen molar-refractivity contribution in [3.8, 4) is 0 Å². The highest BCUT2D eigenvalue weighted by Gasteiger charge is 2.29. The van der Waals surface area contributed by atoms with Crippen LogP contribution in [0.1, 0.15) is 0 Å². The Kier molecular flexibility index (Phi) is 2.44. The Morgan fingerprint density at radius 2 is 1.92 bits per heavy atom. The van der Waals surface area contributed by atoms with Gasteiger partial charge in [-0.15, -0.1) is 5.11 Å². The number of hydrazine groups is 1. The fraction of sp³-hybridized carbons (Fsp3) is 0.714. The number of nitrogens with zero attached hydrogens (tertiary/aromatic N) is 5. The van der Waals surface area contributed by atoms with Crippen molar-refractivity contribution in [2.24, 2.45) is 10.3 Å². The van der Waals surface area contributed by atoms with Crippen molar-refractivity contribution < 1.29 is 0 Å². The Labute approximate surface area is 72.9 Å². The Morgan fingerprint density at radius 1 is 1.33 bits per heavy atom. The number of rotatable bonds is 2. The molecule has 1 heterocycles.